The Morgan fingerprint density at radius 1 is 1.53 bits per heavy atom. The lowest BCUT2D eigenvalue weighted by Crippen LogP contribution is -2.09. The molecule has 0 aromatic heterocycles. The molecule has 5 nitrogen and oxygen atoms in total. The van der Waals surface area contributed by atoms with E-state index in [1.807, 2.05) is 0 Å². The molecule has 0 aliphatic heterocycles. The molecule has 0 heterocycles. The lowest BCUT2D eigenvalue weighted by molar-refractivity contribution is -0.385. The Bertz CT molecular complexity index is 399. The van der Waals surface area contributed by atoms with Crippen molar-refractivity contribution in [3.8, 4) is 5.75 Å². The average Bonchev–Trinajstić information content (AvgIpc) is 2.26. The van der Waals surface area contributed by atoms with Crippen molar-refractivity contribution < 1.29 is 18.4 Å². The monoisotopic (exact) mass is 246 g/mol. The van der Waals surface area contributed by atoms with Gasteiger partial charge in [-0.25, -0.2) is 8.78 Å². The summed E-state index contributed by atoms with van der Waals surface area (Å²) in [6, 6.07) is 4.30. The summed E-state index contributed by atoms with van der Waals surface area (Å²) in [6.07, 6.45) is -2.67. The summed E-state index contributed by atoms with van der Waals surface area (Å²) in [7, 11) is 0. The van der Waals surface area contributed by atoms with Crippen molar-refractivity contribution in [2.45, 2.75) is 13.3 Å². The van der Waals surface area contributed by atoms with Gasteiger partial charge in [0.05, 0.1) is 4.92 Å². The number of nitrogens with one attached hydrogen (secondary N) is 1. The van der Waals surface area contributed by atoms with E-state index in [1.165, 1.54) is 18.2 Å². The quantitative estimate of drug-likeness (QED) is 0.619. The molecule has 7 heteroatoms. The molecular formula is C10H12F2N2O3. The van der Waals surface area contributed by atoms with E-state index in [1.54, 1.807) is 6.92 Å². The topological polar surface area (TPSA) is 64.4 Å². The molecule has 0 bridgehead atoms. The average molecular weight is 246 g/mol. The number of ether oxygens (including phenoxy) is 1. The van der Waals surface area contributed by atoms with Crippen LogP contribution in [0.15, 0.2) is 18.2 Å². The fourth-order valence-corrected chi connectivity index (χ4v) is 1.31. The second-order valence-corrected chi connectivity index (χ2v) is 3.14. The van der Waals surface area contributed by atoms with Crippen LogP contribution in [0.2, 0.25) is 0 Å². The van der Waals surface area contributed by atoms with Crippen molar-refractivity contribution in [2.75, 3.05) is 18.5 Å². The summed E-state index contributed by atoms with van der Waals surface area (Å²) in [5.74, 6) is -0.159. The van der Waals surface area contributed by atoms with Crippen LogP contribution in [0, 0.1) is 10.1 Å². The second kappa shape index (κ2) is 5.97. The van der Waals surface area contributed by atoms with Gasteiger partial charge in [-0.2, -0.15) is 0 Å². The number of alkyl halides is 2. The number of hydrogen-bond donors (Lipinski definition) is 1. The van der Waals surface area contributed by atoms with Gasteiger partial charge in [0.1, 0.15) is 12.3 Å². The van der Waals surface area contributed by atoms with Gasteiger partial charge in [0, 0.05) is 6.54 Å². The maximum atomic E-state index is 12.0. The Kier molecular flexibility index (Phi) is 4.62. The predicted molar refractivity (Wildman–Crippen MR) is 58.8 cm³/mol. The Hall–Kier alpha value is -1.92. The van der Waals surface area contributed by atoms with Gasteiger partial charge in [-0.05, 0) is 19.1 Å². The molecule has 1 rings (SSSR count). The molecule has 0 spiro atoms. The van der Waals surface area contributed by atoms with Gasteiger partial charge < -0.3 is 10.1 Å². The minimum Gasteiger partial charge on any atom is -0.481 e. The van der Waals surface area contributed by atoms with Gasteiger partial charge in [0.2, 0.25) is 0 Å². The Morgan fingerprint density at radius 2 is 2.24 bits per heavy atom. The predicted octanol–water partition coefficient (Wildman–Crippen LogP) is 2.67. The van der Waals surface area contributed by atoms with Crippen molar-refractivity contribution in [3.63, 3.8) is 0 Å². The Labute approximate surface area is 96.5 Å². The number of nitro groups is 1. The summed E-state index contributed by atoms with van der Waals surface area (Å²) < 4.78 is 28.7. The van der Waals surface area contributed by atoms with Crippen LogP contribution in [-0.2, 0) is 0 Å². The van der Waals surface area contributed by atoms with E-state index in [2.05, 4.69) is 5.32 Å². The van der Waals surface area contributed by atoms with Crippen molar-refractivity contribution in [1.29, 1.82) is 0 Å². The van der Waals surface area contributed by atoms with Crippen LogP contribution in [0.5, 0.6) is 5.75 Å². The molecule has 0 unspecified atom stereocenters. The highest BCUT2D eigenvalue weighted by molar-refractivity contribution is 5.68. The summed E-state index contributed by atoms with van der Waals surface area (Å²) in [6.45, 7) is 1.39. The third kappa shape index (κ3) is 3.54. The molecule has 1 aromatic rings. The summed E-state index contributed by atoms with van der Waals surface area (Å²) in [5.41, 5.74) is -0.0701. The summed E-state index contributed by atoms with van der Waals surface area (Å²) in [4.78, 5) is 10.2. The van der Waals surface area contributed by atoms with Crippen LogP contribution in [0.1, 0.15) is 6.92 Å². The number of para-hydroxylation sites is 1. The number of nitrogens with zero attached hydrogens (tertiary/aromatic N) is 1. The fourth-order valence-electron chi connectivity index (χ4n) is 1.31. The van der Waals surface area contributed by atoms with Crippen LogP contribution in [0.3, 0.4) is 0 Å². The molecule has 1 aromatic carbocycles. The van der Waals surface area contributed by atoms with Crippen LogP contribution in [0.4, 0.5) is 20.2 Å². The van der Waals surface area contributed by atoms with Crippen molar-refractivity contribution in [1.82, 2.24) is 0 Å². The maximum absolute atomic E-state index is 12.0. The first kappa shape index (κ1) is 13.1. The molecule has 0 radical (unpaired) electrons. The van der Waals surface area contributed by atoms with Crippen molar-refractivity contribution >= 4 is 11.4 Å². The highest BCUT2D eigenvalue weighted by atomic mass is 19.3. The first-order valence-corrected chi connectivity index (χ1v) is 4.98. The SMILES string of the molecule is CCNc1cccc(OCC(F)F)c1[N+](=O)[O-]. The van der Waals surface area contributed by atoms with Crippen LogP contribution in [0.25, 0.3) is 0 Å². The van der Waals surface area contributed by atoms with Gasteiger partial charge in [0.15, 0.2) is 5.75 Å². The summed E-state index contributed by atoms with van der Waals surface area (Å²) in [5, 5.41) is 13.6. The lowest BCUT2D eigenvalue weighted by atomic mass is 10.2. The standard InChI is InChI=1S/C10H12F2N2O3/c1-2-13-7-4-3-5-8(10(7)14(15)16)17-6-9(11)12/h3-5,9,13H,2,6H2,1H3. The molecule has 0 aliphatic rings. The van der Waals surface area contributed by atoms with Gasteiger partial charge >= 0.3 is 5.69 Å². The maximum Gasteiger partial charge on any atom is 0.333 e. The molecule has 0 amide bonds. The highest BCUT2D eigenvalue weighted by Gasteiger charge is 2.21. The number of rotatable bonds is 6. The lowest BCUT2D eigenvalue weighted by Gasteiger charge is -2.09. The molecule has 0 aliphatic carbocycles. The van der Waals surface area contributed by atoms with E-state index in [4.69, 9.17) is 4.74 Å². The number of nitro benzene ring substituents is 1. The number of halogens is 2. The molecule has 0 fully saturated rings. The largest absolute Gasteiger partial charge is 0.481 e. The number of hydrogen-bond acceptors (Lipinski definition) is 4. The van der Waals surface area contributed by atoms with Gasteiger partial charge in [-0.15, -0.1) is 0 Å². The minimum atomic E-state index is -2.67. The van der Waals surface area contributed by atoms with E-state index in [9.17, 15) is 18.9 Å². The molecule has 17 heavy (non-hydrogen) atoms. The zero-order valence-electron chi connectivity index (χ0n) is 9.15. The Morgan fingerprint density at radius 3 is 2.76 bits per heavy atom. The van der Waals surface area contributed by atoms with Crippen molar-refractivity contribution in [3.05, 3.63) is 28.3 Å². The molecule has 94 valence electrons. The zero-order valence-corrected chi connectivity index (χ0v) is 9.15. The molecule has 1 N–H and O–H groups in total. The zero-order chi connectivity index (χ0) is 12.8. The van der Waals surface area contributed by atoms with E-state index >= 15 is 0 Å². The third-order valence-corrected chi connectivity index (χ3v) is 1.91. The minimum absolute atomic E-state index is 0.159. The normalized spacial score (nSPS) is 10.4. The third-order valence-electron chi connectivity index (χ3n) is 1.91. The molecular weight excluding hydrogens is 234 g/mol. The van der Waals surface area contributed by atoms with Gasteiger partial charge in [-0.3, -0.25) is 10.1 Å². The number of benzene rings is 1. The second-order valence-electron chi connectivity index (χ2n) is 3.14. The van der Waals surface area contributed by atoms with Gasteiger partial charge in [0.25, 0.3) is 6.43 Å². The van der Waals surface area contributed by atoms with E-state index in [0.29, 0.717) is 6.54 Å². The Balaban J connectivity index is 3.02. The van der Waals surface area contributed by atoms with Gasteiger partial charge in [-0.1, -0.05) is 6.07 Å². The highest BCUT2D eigenvalue weighted by Crippen LogP contribution is 2.34. The summed E-state index contributed by atoms with van der Waals surface area (Å²) >= 11 is 0. The van der Waals surface area contributed by atoms with E-state index in [-0.39, 0.29) is 17.1 Å². The van der Waals surface area contributed by atoms with Crippen molar-refractivity contribution in [2.24, 2.45) is 0 Å². The van der Waals surface area contributed by atoms with Crippen LogP contribution < -0.4 is 10.1 Å². The van der Waals surface area contributed by atoms with Crippen LogP contribution >= 0.6 is 0 Å². The van der Waals surface area contributed by atoms with E-state index < -0.39 is 18.0 Å². The molecule has 0 atom stereocenters. The molecule has 0 saturated heterocycles. The number of anilines is 1. The van der Waals surface area contributed by atoms with Crippen LogP contribution in [-0.4, -0.2) is 24.5 Å². The fraction of sp³-hybridized carbons (Fsp3) is 0.400. The molecule has 0 saturated carbocycles. The van der Waals surface area contributed by atoms with E-state index in [0.717, 1.165) is 0 Å². The first-order chi connectivity index (χ1) is 8.06. The first-order valence-electron chi connectivity index (χ1n) is 4.98. The smallest absolute Gasteiger partial charge is 0.333 e.